The van der Waals surface area contributed by atoms with Crippen LogP contribution in [0.4, 0.5) is 9.18 Å². The summed E-state index contributed by atoms with van der Waals surface area (Å²) in [6.07, 6.45) is 1.54. The average Bonchev–Trinajstić information content (AvgIpc) is 2.94. The summed E-state index contributed by atoms with van der Waals surface area (Å²) in [4.78, 5) is 16.2. The lowest BCUT2D eigenvalue weighted by atomic mass is 9.80. The molecule has 2 aromatic rings. The number of nitrogens with zero attached hydrogens (tertiary/aromatic N) is 2. The molecule has 0 aliphatic heterocycles. The lowest BCUT2D eigenvalue weighted by Crippen LogP contribution is -2.41. The van der Waals surface area contributed by atoms with Crippen molar-refractivity contribution in [2.75, 3.05) is 0 Å². The van der Waals surface area contributed by atoms with E-state index in [1.54, 1.807) is 13.0 Å². The summed E-state index contributed by atoms with van der Waals surface area (Å²) in [6, 6.07) is 4.48. The normalized spacial score (nSPS) is 20.0. The zero-order valence-electron chi connectivity index (χ0n) is 13.1. The molecular weight excluding hydrogens is 299 g/mol. The van der Waals surface area contributed by atoms with E-state index in [0.717, 1.165) is 12.0 Å². The molecule has 122 valence electrons. The Labute approximate surface area is 133 Å². The van der Waals surface area contributed by atoms with E-state index in [1.165, 1.54) is 6.07 Å². The zero-order valence-corrected chi connectivity index (χ0v) is 13.1. The molecule has 0 bridgehead atoms. The molecule has 0 saturated heterocycles. The molecule has 2 amide bonds. The molecule has 3 rings (SSSR count). The topological polar surface area (TPSA) is 80.0 Å². The fraction of sp³-hybridized carbons (Fsp3) is 0.438. The van der Waals surface area contributed by atoms with E-state index >= 15 is 0 Å². The van der Waals surface area contributed by atoms with Gasteiger partial charge < -0.3 is 15.2 Å². The zero-order chi connectivity index (χ0) is 16.4. The van der Waals surface area contributed by atoms with Gasteiger partial charge in [0.05, 0.1) is 12.6 Å². The molecule has 6 nitrogen and oxygen atoms in total. The number of rotatable bonds is 3. The van der Waals surface area contributed by atoms with Gasteiger partial charge in [-0.2, -0.15) is 4.98 Å². The van der Waals surface area contributed by atoms with Crippen LogP contribution in [0.25, 0.3) is 0 Å². The Hall–Kier alpha value is -2.44. The molecule has 2 N–H and O–H groups in total. The second-order valence-corrected chi connectivity index (χ2v) is 5.86. The third-order valence-electron chi connectivity index (χ3n) is 4.17. The van der Waals surface area contributed by atoms with Gasteiger partial charge in [0, 0.05) is 6.92 Å². The number of halogens is 1. The number of carbonyl (C=O) groups is 1. The first-order valence-electron chi connectivity index (χ1n) is 7.65. The maximum Gasteiger partial charge on any atom is 0.315 e. The second kappa shape index (κ2) is 6.36. The summed E-state index contributed by atoms with van der Waals surface area (Å²) in [5.74, 6) is 0.902. The molecule has 1 aromatic carbocycles. The monoisotopic (exact) mass is 318 g/mol. The van der Waals surface area contributed by atoms with Crippen molar-refractivity contribution in [1.82, 2.24) is 20.8 Å². The van der Waals surface area contributed by atoms with Gasteiger partial charge in [-0.15, -0.1) is 0 Å². The highest BCUT2D eigenvalue weighted by Gasteiger charge is 2.29. The van der Waals surface area contributed by atoms with Crippen molar-refractivity contribution in [3.63, 3.8) is 0 Å². The van der Waals surface area contributed by atoms with E-state index in [1.807, 2.05) is 6.07 Å². The summed E-state index contributed by atoms with van der Waals surface area (Å²) in [5.41, 5.74) is 1.55. The summed E-state index contributed by atoms with van der Waals surface area (Å²) >= 11 is 0. The van der Waals surface area contributed by atoms with Gasteiger partial charge in [0.1, 0.15) is 5.82 Å². The first kappa shape index (κ1) is 15.5. The van der Waals surface area contributed by atoms with Gasteiger partial charge in [-0.25, -0.2) is 9.18 Å². The number of fused-ring (bicyclic) bond motifs is 1. The quantitative estimate of drug-likeness (QED) is 0.912. The first-order valence-corrected chi connectivity index (χ1v) is 7.65. The van der Waals surface area contributed by atoms with Crippen LogP contribution in [0.1, 0.15) is 42.2 Å². The molecule has 0 saturated carbocycles. The van der Waals surface area contributed by atoms with Crippen molar-refractivity contribution < 1.29 is 13.7 Å². The Morgan fingerprint density at radius 2 is 2.30 bits per heavy atom. The Morgan fingerprint density at radius 3 is 3.04 bits per heavy atom. The van der Waals surface area contributed by atoms with Crippen molar-refractivity contribution in [3.05, 3.63) is 46.9 Å². The van der Waals surface area contributed by atoms with Crippen LogP contribution in [-0.4, -0.2) is 16.2 Å². The smallest absolute Gasteiger partial charge is 0.315 e. The largest absolute Gasteiger partial charge is 0.340 e. The average molecular weight is 318 g/mol. The maximum absolute atomic E-state index is 13.9. The second-order valence-electron chi connectivity index (χ2n) is 5.86. The number of aryl methyl sites for hydroxylation is 1. The van der Waals surface area contributed by atoms with Gasteiger partial charge in [0.2, 0.25) is 5.89 Å². The summed E-state index contributed by atoms with van der Waals surface area (Å²) in [7, 11) is 0. The predicted molar refractivity (Wildman–Crippen MR) is 81.0 cm³/mol. The maximum atomic E-state index is 13.9. The molecule has 0 radical (unpaired) electrons. The van der Waals surface area contributed by atoms with E-state index in [2.05, 4.69) is 27.7 Å². The minimum absolute atomic E-state index is 0.181. The lowest BCUT2D eigenvalue weighted by Gasteiger charge is -2.32. The number of amides is 2. The van der Waals surface area contributed by atoms with Crippen molar-refractivity contribution in [1.29, 1.82) is 0 Å². The fourth-order valence-corrected chi connectivity index (χ4v) is 2.96. The van der Waals surface area contributed by atoms with Crippen LogP contribution in [0.3, 0.4) is 0 Å². The number of urea groups is 1. The molecule has 2 unspecified atom stereocenters. The van der Waals surface area contributed by atoms with Crippen LogP contribution < -0.4 is 10.6 Å². The van der Waals surface area contributed by atoms with E-state index in [0.29, 0.717) is 23.7 Å². The molecule has 1 aliphatic rings. The van der Waals surface area contributed by atoms with Crippen molar-refractivity contribution >= 4 is 6.03 Å². The van der Waals surface area contributed by atoms with E-state index < -0.39 is 0 Å². The van der Waals surface area contributed by atoms with Gasteiger partial charge >= 0.3 is 6.03 Å². The van der Waals surface area contributed by atoms with E-state index in [4.69, 9.17) is 4.52 Å². The summed E-state index contributed by atoms with van der Waals surface area (Å²) < 4.78 is 18.8. The number of nitrogens with one attached hydrogen (secondary N) is 2. The van der Waals surface area contributed by atoms with Gasteiger partial charge in [-0.1, -0.05) is 24.2 Å². The third kappa shape index (κ3) is 3.33. The number of benzene rings is 1. The van der Waals surface area contributed by atoms with Crippen molar-refractivity contribution in [2.24, 2.45) is 5.92 Å². The predicted octanol–water partition coefficient (Wildman–Crippen LogP) is 2.64. The van der Waals surface area contributed by atoms with Crippen molar-refractivity contribution in [3.8, 4) is 0 Å². The molecule has 0 fully saturated rings. The molecule has 23 heavy (non-hydrogen) atoms. The van der Waals surface area contributed by atoms with Gasteiger partial charge in [-0.05, 0) is 36.0 Å². The van der Waals surface area contributed by atoms with Gasteiger partial charge in [0.15, 0.2) is 5.82 Å². The highest BCUT2D eigenvalue weighted by atomic mass is 19.1. The van der Waals surface area contributed by atoms with Crippen LogP contribution in [0.5, 0.6) is 0 Å². The molecule has 1 heterocycles. The Bertz CT molecular complexity index is 716. The molecule has 1 aromatic heterocycles. The molecule has 2 atom stereocenters. The highest BCUT2D eigenvalue weighted by molar-refractivity contribution is 5.74. The van der Waals surface area contributed by atoms with Gasteiger partial charge in [0.25, 0.3) is 0 Å². The summed E-state index contributed by atoms with van der Waals surface area (Å²) in [6.45, 7) is 3.92. The highest BCUT2D eigenvalue weighted by Crippen LogP contribution is 2.35. The molecular formula is C16H19FN4O2. The minimum atomic E-state index is -0.332. The number of aromatic nitrogens is 2. The number of hydrogen-bond donors (Lipinski definition) is 2. The number of carbonyl (C=O) groups excluding carboxylic acids is 1. The van der Waals surface area contributed by atoms with Crippen LogP contribution in [0.15, 0.2) is 22.7 Å². The van der Waals surface area contributed by atoms with Crippen LogP contribution in [0, 0.1) is 18.7 Å². The molecule has 7 heteroatoms. The fourth-order valence-electron chi connectivity index (χ4n) is 2.96. The van der Waals surface area contributed by atoms with E-state index in [-0.39, 0.29) is 30.4 Å². The Balaban J connectivity index is 1.67. The third-order valence-corrected chi connectivity index (χ3v) is 4.17. The lowest BCUT2D eigenvalue weighted by molar-refractivity contribution is 0.228. The van der Waals surface area contributed by atoms with Crippen LogP contribution >= 0.6 is 0 Å². The number of hydrogen-bond acceptors (Lipinski definition) is 4. The van der Waals surface area contributed by atoms with Crippen LogP contribution in [0.2, 0.25) is 0 Å². The minimum Gasteiger partial charge on any atom is -0.340 e. The standard InChI is InChI=1S/C16H19FN4O2/c1-9-6-7-11-12(4-3-5-13(11)17)15(9)20-16(22)18-8-14-19-10(2)23-21-14/h3-5,9,15H,6-8H2,1-2H3,(H2,18,20,22). The Morgan fingerprint density at radius 1 is 1.48 bits per heavy atom. The van der Waals surface area contributed by atoms with Crippen molar-refractivity contribution in [2.45, 2.75) is 39.3 Å². The van der Waals surface area contributed by atoms with E-state index in [9.17, 15) is 9.18 Å². The Kier molecular flexibility index (Phi) is 4.27. The SMILES string of the molecule is Cc1nc(CNC(=O)NC2c3cccc(F)c3CCC2C)no1. The molecule has 0 spiro atoms. The summed E-state index contributed by atoms with van der Waals surface area (Å²) in [5, 5.41) is 9.34. The first-order chi connectivity index (χ1) is 11.0. The van der Waals surface area contributed by atoms with Crippen LogP contribution in [-0.2, 0) is 13.0 Å². The molecule has 1 aliphatic carbocycles. The van der Waals surface area contributed by atoms with Gasteiger partial charge in [-0.3, -0.25) is 0 Å².